The lowest BCUT2D eigenvalue weighted by atomic mass is 9.78. The fraction of sp³-hybridized carbons (Fsp3) is 0.571. The quantitative estimate of drug-likeness (QED) is 0.845. The van der Waals surface area contributed by atoms with Gasteiger partial charge in [-0.1, -0.05) is 18.0 Å². The van der Waals surface area contributed by atoms with E-state index in [1.165, 1.54) is 19.0 Å². The van der Waals surface area contributed by atoms with Crippen molar-refractivity contribution in [2.45, 2.75) is 25.3 Å². The Labute approximate surface area is 142 Å². The number of halogens is 3. The first kappa shape index (κ1) is 18.5. The van der Waals surface area contributed by atoms with Crippen LogP contribution in [-0.4, -0.2) is 34.9 Å². The van der Waals surface area contributed by atoms with Crippen LogP contribution in [0.3, 0.4) is 0 Å². The van der Waals surface area contributed by atoms with Gasteiger partial charge in [0.05, 0.1) is 5.02 Å². The zero-order valence-electron chi connectivity index (χ0n) is 11.6. The second-order valence-corrected chi connectivity index (χ2v) is 6.03. The average molecular weight is 353 g/mol. The first-order valence-electron chi connectivity index (χ1n) is 6.81. The van der Waals surface area contributed by atoms with E-state index in [4.69, 9.17) is 17.3 Å². The molecule has 1 aromatic rings. The largest absolute Gasteiger partial charge is 0.337 e. The molecule has 0 radical (unpaired) electrons. The van der Waals surface area contributed by atoms with Gasteiger partial charge in [-0.2, -0.15) is 0 Å². The number of carbonyl (C=O) groups excluding carboxylic acids is 1. The fourth-order valence-electron chi connectivity index (χ4n) is 3.35. The molecule has 0 bridgehead atoms. The molecule has 2 aliphatic rings. The van der Waals surface area contributed by atoms with Gasteiger partial charge in [-0.05, 0) is 36.8 Å². The van der Waals surface area contributed by atoms with E-state index < -0.39 is 0 Å². The molecular formula is C14H20Cl3N3O. The summed E-state index contributed by atoms with van der Waals surface area (Å²) in [6, 6.07) is 3.64. The van der Waals surface area contributed by atoms with E-state index in [-0.39, 0.29) is 36.8 Å². The highest BCUT2D eigenvalue weighted by atomic mass is 35.5. The molecule has 3 atom stereocenters. The summed E-state index contributed by atoms with van der Waals surface area (Å²) < 4.78 is 0. The van der Waals surface area contributed by atoms with Crippen molar-refractivity contribution in [3.05, 3.63) is 29.0 Å². The summed E-state index contributed by atoms with van der Waals surface area (Å²) in [4.78, 5) is 18.4. The number of carbonyl (C=O) groups is 1. The van der Waals surface area contributed by atoms with Crippen molar-refractivity contribution in [3.8, 4) is 0 Å². The molecular weight excluding hydrogens is 333 g/mol. The molecule has 1 aliphatic carbocycles. The summed E-state index contributed by atoms with van der Waals surface area (Å²) in [5.41, 5.74) is 6.64. The van der Waals surface area contributed by atoms with Crippen LogP contribution in [0.1, 0.15) is 29.8 Å². The summed E-state index contributed by atoms with van der Waals surface area (Å²) in [5.74, 6) is 1.03. The van der Waals surface area contributed by atoms with Crippen molar-refractivity contribution < 1.29 is 4.79 Å². The summed E-state index contributed by atoms with van der Waals surface area (Å²) >= 11 is 5.79. The maximum atomic E-state index is 12.4. The Bertz CT molecular complexity index is 483. The SMILES string of the molecule is Cl.Cl.NC1CCCC2CN(C(=O)c3ccc(Cl)cn3)CC12. The van der Waals surface area contributed by atoms with Crippen molar-refractivity contribution in [1.82, 2.24) is 9.88 Å². The molecule has 3 unspecified atom stereocenters. The van der Waals surface area contributed by atoms with Crippen molar-refractivity contribution in [1.29, 1.82) is 0 Å². The van der Waals surface area contributed by atoms with Crippen LogP contribution in [0.2, 0.25) is 5.02 Å². The molecule has 118 valence electrons. The maximum absolute atomic E-state index is 12.4. The lowest BCUT2D eigenvalue weighted by Crippen LogP contribution is -2.38. The van der Waals surface area contributed by atoms with Gasteiger partial charge in [0.2, 0.25) is 0 Å². The third-order valence-electron chi connectivity index (χ3n) is 4.39. The molecule has 2 heterocycles. The Balaban J connectivity index is 0.00000110. The van der Waals surface area contributed by atoms with Crippen LogP contribution in [0.5, 0.6) is 0 Å². The third-order valence-corrected chi connectivity index (χ3v) is 4.61. The topological polar surface area (TPSA) is 59.2 Å². The highest BCUT2D eigenvalue weighted by Crippen LogP contribution is 2.35. The first-order chi connectivity index (χ1) is 9.15. The Morgan fingerprint density at radius 2 is 2.05 bits per heavy atom. The number of nitrogens with zero attached hydrogens (tertiary/aromatic N) is 2. The molecule has 1 saturated heterocycles. The number of likely N-dealkylation sites (tertiary alicyclic amines) is 1. The Morgan fingerprint density at radius 1 is 1.29 bits per heavy atom. The highest BCUT2D eigenvalue weighted by molar-refractivity contribution is 6.30. The second kappa shape index (κ2) is 7.63. The molecule has 7 heteroatoms. The predicted molar refractivity (Wildman–Crippen MR) is 88.5 cm³/mol. The first-order valence-corrected chi connectivity index (χ1v) is 7.19. The van der Waals surface area contributed by atoms with Crippen LogP contribution in [-0.2, 0) is 0 Å². The maximum Gasteiger partial charge on any atom is 0.272 e. The molecule has 2 fully saturated rings. The van der Waals surface area contributed by atoms with E-state index in [0.717, 1.165) is 19.5 Å². The van der Waals surface area contributed by atoms with Crippen LogP contribution in [0, 0.1) is 11.8 Å². The molecule has 21 heavy (non-hydrogen) atoms. The number of hydrogen-bond donors (Lipinski definition) is 1. The minimum atomic E-state index is -0.00160. The van der Waals surface area contributed by atoms with Gasteiger partial charge in [-0.3, -0.25) is 4.79 Å². The van der Waals surface area contributed by atoms with Gasteiger partial charge in [-0.25, -0.2) is 4.98 Å². The molecule has 1 aliphatic heterocycles. The van der Waals surface area contributed by atoms with E-state index in [9.17, 15) is 4.79 Å². The summed E-state index contributed by atoms with van der Waals surface area (Å²) in [7, 11) is 0. The Hall–Kier alpha value is -0.550. The van der Waals surface area contributed by atoms with Gasteiger partial charge in [0.15, 0.2) is 0 Å². The summed E-state index contributed by atoms with van der Waals surface area (Å²) in [5, 5.41) is 0.550. The van der Waals surface area contributed by atoms with E-state index >= 15 is 0 Å². The van der Waals surface area contributed by atoms with Crippen LogP contribution in [0.15, 0.2) is 18.3 Å². The third kappa shape index (κ3) is 3.81. The number of fused-ring (bicyclic) bond motifs is 1. The van der Waals surface area contributed by atoms with E-state index in [1.54, 1.807) is 12.1 Å². The zero-order chi connectivity index (χ0) is 13.4. The number of rotatable bonds is 1. The van der Waals surface area contributed by atoms with Crippen LogP contribution < -0.4 is 5.73 Å². The lowest BCUT2D eigenvalue weighted by Gasteiger charge is -2.29. The number of nitrogens with two attached hydrogens (primary N) is 1. The van der Waals surface area contributed by atoms with Crippen molar-refractivity contribution in [3.63, 3.8) is 0 Å². The minimum Gasteiger partial charge on any atom is -0.337 e. The van der Waals surface area contributed by atoms with Gasteiger partial charge < -0.3 is 10.6 Å². The van der Waals surface area contributed by atoms with Crippen molar-refractivity contribution >= 4 is 42.3 Å². The molecule has 2 N–H and O–H groups in total. The van der Waals surface area contributed by atoms with Gasteiger partial charge >= 0.3 is 0 Å². The average Bonchev–Trinajstić information content (AvgIpc) is 2.84. The van der Waals surface area contributed by atoms with Crippen LogP contribution in [0.25, 0.3) is 0 Å². The van der Waals surface area contributed by atoms with Gasteiger partial charge in [0.25, 0.3) is 5.91 Å². The fourth-order valence-corrected chi connectivity index (χ4v) is 3.46. The second-order valence-electron chi connectivity index (χ2n) is 5.59. The normalized spacial score (nSPS) is 27.3. The molecule has 0 aromatic carbocycles. The van der Waals surface area contributed by atoms with E-state index in [0.29, 0.717) is 22.6 Å². The van der Waals surface area contributed by atoms with Crippen LogP contribution in [0.4, 0.5) is 0 Å². The number of amides is 1. The molecule has 1 aromatic heterocycles. The number of hydrogen-bond acceptors (Lipinski definition) is 3. The predicted octanol–water partition coefficient (Wildman–Crippen LogP) is 2.78. The molecule has 1 amide bonds. The monoisotopic (exact) mass is 351 g/mol. The van der Waals surface area contributed by atoms with E-state index in [2.05, 4.69) is 4.98 Å². The Morgan fingerprint density at radius 3 is 2.67 bits per heavy atom. The van der Waals surface area contributed by atoms with E-state index in [1.807, 2.05) is 4.90 Å². The van der Waals surface area contributed by atoms with Crippen molar-refractivity contribution in [2.24, 2.45) is 17.6 Å². The van der Waals surface area contributed by atoms with Gasteiger partial charge in [-0.15, -0.1) is 24.8 Å². The Kier molecular flexibility index (Phi) is 6.72. The minimum absolute atomic E-state index is 0. The lowest BCUT2D eigenvalue weighted by molar-refractivity contribution is 0.0777. The summed E-state index contributed by atoms with van der Waals surface area (Å²) in [6.07, 6.45) is 4.98. The molecule has 4 nitrogen and oxygen atoms in total. The van der Waals surface area contributed by atoms with Gasteiger partial charge in [0, 0.05) is 25.3 Å². The molecule has 1 saturated carbocycles. The number of aromatic nitrogens is 1. The highest BCUT2D eigenvalue weighted by Gasteiger charge is 2.40. The zero-order valence-corrected chi connectivity index (χ0v) is 14.0. The number of pyridine rings is 1. The van der Waals surface area contributed by atoms with Crippen LogP contribution >= 0.6 is 36.4 Å². The van der Waals surface area contributed by atoms with Crippen molar-refractivity contribution in [2.75, 3.05) is 13.1 Å². The smallest absolute Gasteiger partial charge is 0.272 e. The molecule has 0 spiro atoms. The van der Waals surface area contributed by atoms with Gasteiger partial charge in [0.1, 0.15) is 5.69 Å². The molecule has 3 rings (SSSR count). The summed E-state index contributed by atoms with van der Waals surface area (Å²) in [6.45, 7) is 1.59. The standard InChI is InChI=1S/C14H18ClN3O.2ClH/c15-10-4-5-13(17-6-10)14(19)18-7-9-2-1-3-12(16)11(9)8-18;;/h4-6,9,11-12H,1-3,7-8,16H2;2*1H.